The topological polar surface area (TPSA) is 67.5 Å². The van der Waals surface area contributed by atoms with Gasteiger partial charge < -0.3 is 5.73 Å². The smallest absolute Gasteiger partial charge is 0.267 e. The van der Waals surface area contributed by atoms with Gasteiger partial charge in [0.25, 0.3) is 5.91 Å². The number of nitrogens with one attached hydrogen (secondary N) is 1. The average Bonchev–Trinajstić information content (AvgIpc) is 1.82. The van der Waals surface area contributed by atoms with Crippen molar-refractivity contribution >= 4 is 11.9 Å². The fourth-order valence-corrected chi connectivity index (χ4v) is 0.580. The second kappa shape index (κ2) is 2.09. The second-order valence-corrected chi connectivity index (χ2v) is 1.84. The summed E-state index contributed by atoms with van der Waals surface area (Å²) in [6, 6.07) is 0. The van der Waals surface area contributed by atoms with Crippen molar-refractivity contribution in [3.8, 4) is 0 Å². The van der Waals surface area contributed by atoms with E-state index < -0.39 is 12.1 Å². The minimum absolute atomic E-state index is 0.107. The third kappa shape index (κ3) is 0.975. The molecule has 1 heterocycles. The number of nitrogens with two attached hydrogens (primary N) is 1. The van der Waals surface area contributed by atoms with E-state index in [0.29, 0.717) is 0 Å². The monoisotopic (exact) mass is 143 g/mol. The van der Waals surface area contributed by atoms with E-state index >= 15 is 0 Å². The number of guanidine groups is 1. The molecule has 1 rings (SSSR count). The lowest BCUT2D eigenvalue weighted by atomic mass is 10.2. The number of alkyl halides is 1. The van der Waals surface area contributed by atoms with Gasteiger partial charge in [-0.2, -0.15) is 0 Å². The number of carbonyl (C=O) groups is 1. The summed E-state index contributed by atoms with van der Waals surface area (Å²) in [4.78, 5) is 13.9. The largest absolute Gasteiger partial charge is 0.369 e. The number of nitrogens with zero attached hydrogens (tertiary/aromatic N) is 1. The molecule has 5 heteroatoms. The van der Waals surface area contributed by atoms with Crippen LogP contribution in [0.3, 0.4) is 0 Å². The van der Waals surface area contributed by atoms with Gasteiger partial charge in [-0.1, -0.05) is 6.58 Å². The summed E-state index contributed by atoms with van der Waals surface area (Å²) >= 11 is 0. The summed E-state index contributed by atoms with van der Waals surface area (Å²) < 4.78 is 12.5. The van der Waals surface area contributed by atoms with E-state index in [9.17, 15) is 9.18 Å². The van der Waals surface area contributed by atoms with Crippen LogP contribution in [0.25, 0.3) is 0 Å². The number of amides is 1. The highest BCUT2D eigenvalue weighted by Gasteiger charge is 2.25. The van der Waals surface area contributed by atoms with E-state index in [1.165, 1.54) is 0 Å². The number of carbonyl (C=O) groups excluding carboxylic acids is 1. The second-order valence-electron chi connectivity index (χ2n) is 1.84. The van der Waals surface area contributed by atoms with Crippen molar-refractivity contribution < 1.29 is 9.18 Å². The summed E-state index contributed by atoms with van der Waals surface area (Å²) in [6.45, 7) is 3.19. The van der Waals surface area contributed by atoms with E-state index in [-0.39, 0.29) is 11.7 Å². The Morgan fingerprint density at radius 3 is 2.90 bits per heavy atom. The summed E-state index contributed by atoms with van der Waals surface area (Å²) in [5, 5.41) is 2.01. The van der Waals surface area contributed by atoms with Gasteiger partial charge in [0.2, 0.25) is 6.17 Å². The molecule has 0 bridgehead atoms. The Kier molecular flexibility index (Phi) is 1.41. The van der Waals surface area contributed by atoms with Crippen molar-refractivity contribution in [2.75, 3.05) is 0 Å². The number of hydrogen-bond acceptors (Lipinski definition) is 3. The Morgan fingerprint density at radius 2 is 2.40 bits per heavy atom. The van der Waals surface area contributed by atoms with Crippen LogP contribution in [0.5, 0.6) is 0 Å². The van der Waals surface area contributed by atoms with Gasteiger partial charge in [-0.15, -0.1) is 0 Å². The molecule has 0 aromatic heterocycles. The van der Waals surface area contributed by atoms with Crippen molar-refractivity contribution in [3.05, 3.63) is 12.3 Å². The van der Waals surface area contributed by atoms with E-state index in [4.69, 9.17) is 5.73 Å². The molecule has 4 nitrogen and oxygen atoms in total. The molecular weight excluding hydrogens is 137 g/mol. The van der Waals surface area contributed by atoms with Gasteiger partial charge in [-0.25, -0.2) is 9.38 Å². The van der Waals surface area contributed by atoms with Gasteiger partial charge in [0.1, 0.15) is 0 Å². The van der Waals surface area contributed by atoms with Crippen LogP contribution in [-0.2, 0) is 4.79 Å². The highest BCUT2D eigenvalue weighted by Crippen LogP contribution is 2.08. The molecule has 0 spiro atoms. The Balaban J connectivity index is 2.89. The standard InChI is InChI=1S/C5H6FN3O/c1-2-3(6)4(10)9-5(7)8-2/h3H,1H2,(H3,7,8,9,10). The van der Waals surface area contributed by atoms with Crippen molar-refractivity contribution in [1.82, 2.24) is 5.32 Å². The molecule has 0 radical (unpaired) electrons. The Labute approximate surface area is 56.6 Å². The summed E-state index contributed by atoms with van der Waals surface area (Å²) in [5.74, 6) is -0.915. The first-order valence-electron chi connectivity index (χ1n) is 2.59. The molecule has 1 unspecified atom stereocenters. The first kappa shape index (κ1) is 6.73. The molecule has 0 saturated carbocycles. The maximum Gasteiger partial charge on any atom is 0.267 e. The SMILES string of the molecule is C=C1N=C(N)NC(=O)C1F. The predicted molar refractivity (Wildman–Crippen MR) is 33.8 cm³/mol. The minimum atomic E-state index is -1.76. The third-order valence-electron chi connectivity index (χ3n) is 1.04. The Bertz CT molecular complexity index is 223. The van der Waals surface area contributed by atoms with Gasteiger partial charge in [0, 0.05) is 0 Å². The highest BCUT2D eigenvalue weighted by molar-refractivity contribution is 6.02. The predicted octanol–water partition coefficient (Wildman–Crippen LogP) is -0.717. The van der Waals surface area contributed by atoms with Gasteiger partial charge in [-0.3, -0.25) is 10.1 Å². The van der Waals surface area contributed by atoms with E-state index in [0.717, 1.165) is 0 Å². The fraction of sp³-hybridized carbons (Fsp3) is 0.200. The van der Waals surface area contributed by atoms with Crippen LogP contribution >= 0.6 is 0 Å². The first-order valence-corrected chi connectivity index (χ1v) is 2.59. The molecular formula is C5H6FN3O. The zero-order valence-electron chi connectivity index (χ0n) is 5.10. The number of hydrogen-bond donors (Lipinski definition) is 2. The zero-order chi connectivity index (χ0) is 7.72. The molecule has 0 saturated heterocycles. The third-order valence-corrected chi connectivity index (χ3v) is 1.04. The van der Waals surface area contributed by atoms with Crippen LogP contribution in [-0.4, -0.2) is 18.0 Å². The van der Waals surface area contributed by atoms with Crippen molar-refractivity contribution in [1.29, 1.82) is 0 Å². The average molecular weight is 143 g/mol. The van der Waals surface area contributed by atoms with E-state index in [1.54, 1.807) is 0 Å². The molecule has 3 N–H and O–H groups in total. The van der Waals surface area contributed by atoms with Gasteiger partial charge in [0.05, 0.1) is 5.70 Å². The van der Waals surface area contributed by atoms with Crippen LogP contribution in [0.15, 0.2) is 17.3 Å². The maximum atomic E-state index is 12.5. The lowest BCUT2D eigenvalue weighted by molar-refractivity contribution is -0.123. The van der Waals surface area contributed by atoms with Crippen molar-refractivity contribution in [3.63, 3.8) is 0 Å². The number of halogens is 1. The van der Waals surface area contributed by atoms with E-state index in [1.807, 2.05) is 5.32 Å². The van der Waals surface area contributed by atoms with Crippen molar-refractivity contribution in [2.45, 2.75) is 6.17 Å². The molecule has 0 aromatic rings. The summed E-state index contributed by atoms with van der Waals surface area (Å²) in [6.07, 6.45) is -1.76. The first-order chi connectivity index (χ1) is 4.61. The molecule has 54 valence electrons. The lowest BCUT2D eigenvalue weighted by Gasteiger charge is -2.13. The quantitative estimate of drug-likeness (QED) is 0.470. The van der Waals surface area contributed by atoms with Crippen LogP contribution < -0.4 is 11.1 Å². The van der Waals surface area contributed by atoms with Gasteiger partial charge in [0.15, 0.2) is 5.96 Å². The molecule has 1 aliphatic rings. The Hall–Kier alpha value is -1.39. The fourth-order valence-electron chi connectivity index (χ4n) is 0.580. The molecule has 1 atom stereocenters. The van der Waals surface area contributed by atoms with Gasteiger partial charge in [-0.05, 0) is 0 Å². The number of rotatable bonds is 0. The minimum Gasteiger partial charge on any atom is -0.369 e. The van der Waals surface area contributed by atoms with Crippen LogP contribution in [0, 0.1) is 0 Å². The normalized spacial score (nSPS) is 25.7. The highest BCUT2D eigenvalue weighted by atomic mass is 19.1. The summed E-state index contributed by atoms with van der Waals surface area (Å²) in [5.41, 5.74) is 4.92. The zero-order valence-corrected chi connectivity index (χ0v) is 5.10. The molecule has 1 amide bonds. The molecule has 0 aromatic carbocycles. The van der Waals surface area contributed by atoms with Crippen LogP contribution in [0.1, 0.15) is 0 Å². The molecule has 0 fully saturated rings. The van der Waals surface area contributed by atoms with Crippen LogP contribution in [0.2, 0.25) is 0 Å². The lowest BCUT2D eigenvalue weighted by Crippen LogP contribution is -2.45. The van der Waals surface area contributed by atoms with Crippen LogP contribution in [0.4, 0.5) is 4.39 Å². The number of aliphatic imine (C=N–C) groups is 1. The van der Waals surface area contributed by atoms with Gasteiger partial charge >= 0.3 is 0 Å². The molecule has 10 heavy (non-hydrogen) atoms. The maximum absolute atomic E-state index is 12.5. The summed E-state index contributed by atoms with van der Waals surface area (Å²) in [7, 11) is 0. The molecule has 1 aliphatic heterocycles. The van der Waals surface area contributed by atoms with Crippen molar-refractivity contribution in [2.24, 2.45) is 10.7 Å². The Morgan fingerprint density at radius 1 is 1.80 bits per heavy atom. The molecule has 0 aliphatic carbocycles. The van der Waals surface area contributed by atoms with E-state index in [2.05, 4.69) is 11.6 Å².